The van der Waals surface area contributed by atoms with Gasteiger partial charge in [-0.05, 0) is 40.9 Å². The number of hydrogen-bond donors (Lipinski definition) is 2. The molecule has 5 heteroatoms. The van der Waals surface area contributed by atoms with E-state index in [-0.39, 0.29) is 5.91 Å². The summed E-state index contributed by atoms with van der Waals surface area (Å²) in [7, 11) is 0. The number of carbonyl (C=O) groups excluding carboxylic acids is 1. The Morgan fingerprint density at radius 2 is 2.24 bits per heavy atom. The lowest BCUT2D eigenvalue weighted by Gasteiger charge is -2.08. The van der Waals surface area contributed by atoms with Crippen LogP contribution in [0.25, 0.3) is 0 Å². The first-order valence-corrected chi connectivity index (χ1v) is 6.15. The van der Waals surface area contributed by atoms with Crippen molar-refractivity contribution in [2.75, 3.05) is 11.9 Å². The molecule has 0 fully saturated rings. The number of nitrogens with zero attached hydrogens (tertiary/aromatic N) is 1. The molecule has 0 aliphatic heterocycles. The predicted octanol–water partition coefficient (Wildman–Crippen LogP) is 2.39. The SMILES string of the molecule is N#Cc1c(Br)cccc1NCCCCC(N)=O. The maximum absolute atomic E-state index is 10.5. The number of rotatable bonds is 6. The number of nitriles is 1. The molecule has 0 saturated carbocycles. The first kappa shape index (κ1) is 13.5. The van der Waals surface area contributed by atoms with Crippen molar-refractivity contribution in [1.29, 1.82) is 5.26 Å². The van der Waals surface area contributed by atoms with Crippen LogP contribution in [0.1, 0.15) is 24.8 Å². The number of nitrogens with one attached hydrogen (secondary N) is 1. The molecule has 0 heterocycles. The average Bonchev–Trinajstić information content (AvgIpc) is 2.28. The summed E-state index contributed by atoms with van der Waals surface area (Å²) in [5.41, 5.74) is 6.45. The molecule has 1 rings (SSSR count). The molecule has 4 nitrogen and oxygen atoms in total. The Labute approximate surface area is 109 Å². The summed E-state index contributed by atoms with van der Waals surface area (Å²) in [6.45, 7) is 0.721. The predicted molar refractivity (Wildman–Crippen MR) is 70.4 cm³/mol. The minimum absolute atomic E-state index is 0.273. The summed E-state index contributed by atoms with van der Waals surface area (Å²) in [5, 5.41) is 12.2. The standard InChI is InChI=1S/C12H14BrN3O/c13-10-4-3-5-11(9(10)8-14)16-7-2-1-6-12(15)17/h3-5,16H,1-2,6-7H2,(H2,15,17). The van der Waals surface area contributed by atoms with Crippen molar-refractivity contribution < 1.29 is 4.79 Å². The maximum atomic E-state index is 10.5. The number of nitrogens with two attached hydrogens (primary N) is 1. The van der Waals surface area contributed by atoms with E-state index in [2.05, 4.69) is 27.3 Å². The summed E-state index contributed by atoms with van der Waals surface area (Å²) >= 11 is 3.33. The molecule has 1 aromatic carbocycles. The summed E-state index contributed by atoms with van der Waals surface area (Å²) < 4.78 is 0.780. The summed E-state index contributed by atoms with van der Waals surface area (Å²) in [6, 6.07) is 7.70. The van der Waals surface area contributed by atoms with Crippen LogP contribution in [0.4, 0.5) is 5.69 Å². The highest BCUT2D eigenvalue weighted by atomic mass is 79.9. The van der Waals surface area contributed by atoms with Gasteiger partial charge in [0.05, 0.1) is 11.3 Å². The van der Waals surface area contributed by atoms with Crippen LogP contribution >= 0.6 is 15.9 Å². The number of unbranched alkanes of at least 4 members (excludes halogenated alkanes) is 1. The lowest BCUT2D eigenvalue weighted by atomic mass is 10.2. The second-order valence-corrected chi connectivity index (χ2v) is 4.48. The zero-order valence-corrected chi connectivity index (χ0v) is 11.0. The second kappa shape index (κ2) is 6.92. The number of anilines is 1. The van der Waals surface area contributed by atoms with Crippen molar-refractivity contribution in [3.8, 4) is 6.07 Å². The topological polar surface area (TPSA) is 78.9 Å². The monoisotopic (exact) mass is 295 g/mol. The third kappa shape index (κ3) is 4.45. The third-order valence-electron chi connectivity index (χ3n) is 2.29. The van der Waals surface area contributed by atoms with Gasteiger partial charge in [0.2, 0.25) is 5.91 Å². The zero-order chi connectivity index (χ0) is 12.7. The van der Waals surface area contributed by atoms with E-state index in [1.807, 2.05) is 18.2 Å². The molecule has 1 aromatic rings. The van der Waals surface area contributed by atoms with E-state index in [1.54, 1.807) is 0 Å². The van der Waals surface area contributed by atoms with Gasteiger partial charge in [-0.15, -0.1) is 0 Å². The van der Waals surface area contributed by atoms with E-state index in [4.69, 9.17) is 11.0 Å². The number of benzene rings is 1. The van der Waals surface area contributed by atoms with Gasteiger partial charge in [-0.2, -0.15) is 5.26 Å². The van der Waals surface area contributed by atoms with Crippen molar-refractivity contribution in [3.63, 3.8) is 0 Å². The molecule has 0 bridgehead atoms. The number of primary amides is 1. The minimum atomic E-state index is -0.273. The Bertz CT molecular complexity index is 440. The average molecular weight is 296 g/mol. The highest BCUT2D eigenvalue weighted by molar-refractivity contribution is 9.10. The van der Waals surface area contributed by atoms with Gasteiger partial charge in [-0.1, -0.05) is 6.07 Å². The largest absolute Gasteiger partial charge is 0.384 e. The summed E-state index contributed by atoms with van der Waals surface area (Å²) in [6.07, 6.45) is 2.02. The van der Waals surface area contributed by atoms with E-state index >= 15 is 0 Å². The Hall–Kier alpha value is -1.54. The van der Waals surface area contributed by atoms with E-state index in [9.17, 15) is 4.79 Å². The summed E-state index contributed by atoms with van der Waals surface area (Å²) in [4.78, 5) is 10.5. The quantitative estimate of drug-likeness (QED) is 0.791. The van der Waals surface area contributed by atoms with E-state index < -0.39 is 0 Å². The van der Waals surface area contributed by atoms with Crippen LogP contribution < -0.4 is 11.1 Å². The Morgan fingerprint density at radius 3 is 2.88 bits per heavy atom. The fourth-order valence-electron chi connectivity index (χ4n) is 1.43. The van der Waals surface area contributed by atoms with Gasteiger partial charge in [-0.25, -0.2) is 0 Å². The molecule has 0 spiro atoms. The molecule has 0 radical (unpaired) electrons. The van der Waals surface area contributed by atoms with Gasteiger partial charge < -0.3 is 11.1 Å². The lowest BCUT2D eigenvalue weighted by Crippen LogP contribution is -2.11. The first-order valence-electron chi connectivity index (χ1n) is 5.36. The maximum Gasteiger partial charge on any atom is 0.217 e. The fraction of sp³-hybridized carbons (Fsp3) is 0.333. The second-order valence-electron chi connectivity index (χ2n) is 3.62. The van der Waals surface area contributed by atoms with Crippen molar-refractivity contribution in [2.45, 2.75) is 19.3 Å². The Morgan fingerprint density at radius 1 is 1.47 bits per heavy atom. The molecular weight excluding hydrogens is 282 g/mol. The van der Waals surface area contributed by atoms with Crippen LogP contribution in [-0.4, -0.2) is 12.5 Å². The smallest absolute Gasteiger partial charge is 0.217 e. The van der Waals surface area contributed by atoms with Crippen LogP contribution in [0.15, 0.2) is 22.7 Å². The molecule has 17 heavy (non-hydrogen) atoms. The van der Waals surface area contributed by atoms with E-state index in [0.717, 1.165) is 29.5 Å². The van der Waals surface area contributed by atoms with Crippen LogP contribution in [0, 0.1) is 11.3 Å². The van der Waals surface area contributed by atoms with Gasteiger partial charge in [0.15, 0.2) is 0 Å². The zero-order valence-electron chi connectivity index (χ0n) is 9.37. The Balaban J connectivity index is 2.45. The van der Waals surface area contributed by atoms with Crippen LogP contribution in [-0.2, 0) is 4.79 Å². The summed E-state index contributed by atoms with van der Waals surface area (Å²) in [5.74, 6) is -0.273. The minimum Gasteiger partial charge on any atom is -0.384 e. The van der Waals surface area contributed by atoms with E-state index in [1.165, 1.54) is 0 Å². The molecule has 0 aliphatic rings. The van der Waals surface area contributed by atoms with Gasteiger partial charge in [0.1, 0.15) is 6.07 Å². The molecule has 0 unspecified atom stereocenters. The van der Waals surface area contributed by atoms with Crippen molar-refractivity contribution in [3.05, 3.63) is 28.2 Å². The molecule has 0 saturated heterocycles. The van der Waals surface area contributed by atoms with Gasteiger partial charge in [0.25, 0.3) is 0 Å². The molecule has 0 atom stereocenters. The molecule has 0 aliphatic carbocycles. The van der Waals surface area contributed by atoms with E-state index in [0.29, 0.717) is 12.0 Å². The molecule has 3 N–H and O–H groups in total. The number of halogens is 1. The van der Waals surface area contributed by atoms with Gasteiger partial charge in [-0.3, -0.25) is 4.79 Å². The van der Waals surface area contributed by atoms with Crippen LogP contribution in [0.2, 0.25) is 0 Å². The van der Waals surface area contributed by atoms with Gasteiger partial charge in [0, 0.05) is 17.4 Å². The molecule has 0 aromatic heterocycles. The van der Waals surface area contributed by atoms with Crippen LogP contribution in [0.3, 0.4) is 0 Å². The van der Waals surface area contributed by atoms with Crippen molar-refractivity contribution in [2.24, 2.45) is 5.73 Å². The first-order chi connectivity index (χ1) is 8.15. The number of hydrogen-bond acceptors (Lipinski definition) is 3. The number of carbonyl (C=O) groups is 1. The van der Waals surface area contributed by atoms with Crippen molar-refractivity contribution >= 4 is 27.5 Å². The normalized spacial score (nSPS) is 9.65. The molecule has 1 amide bonds. The highest BCUT2D eigenvalue weighted by Gasteiger charge is 2.04. The van der Waals surface area contributed by atoms with Crippen molar-refractivity contribution in [1.82, 2.24) is 0 Å². The highest BCUT2D eigenvalue weighted by Crippen LogP contribution is 2.23. The molecule has 90 valence electrons. The Kier molecular flexibility index (Phi) is 5.50. The lowest BCUT2D eigenvalue weighted by molar-refractivity contribution is -0.118. The van der Waals surface area contributed by atoms with Gasteiger partial charge >= 0.3 is 0 Å². The third-order valence-corrected chi connectivity index (χ3v) is 2.95. The number of amides is 1. The molecular formula is C12H14BrN3O. The fourth-order valence-corrected chi connectivity index (χ4v) is 1.89. The van der Waals surface area contributed by atoms with Crippen LogP contribution in [0.5, 0.6) is 0 Å².